The van der Waals surface area contributed by atoms with Gasteiger partial charge in [0.25, 0.3) is 11.5 Å². The molecular formula is C23H22N4O3S2. The lowest BCUT2D eigenvalue weighted by atomic mass is 10.2. The highest BCUT2D eigenvalue weighted by molar-refractivity contribution is 8.26. The van der Waals surface area contributed by atoms with Gasteiger partial charge in [-0.2, -0.15) is 0 Å². The molecule has 0 bridgehead atoms. The fourth-order valence-electron chi connectivity index (χ4n) is 4.25. The van der Waals surface area contributed by atoms with Crippen LogP contribution in [0.25, 0.3) is 11.7 Å². The lowest BCUT2D eigenvalue weighted by Gasteiger charge is -2.21. The van der Waals surface area contributed by atoms with Gasteiger partial charge in [-0.3, -0.25) is 18.9 Å². The number of fused-ring (bicyclic) bond motifs is 1. The highest BCUT2D eigenvalue weighted by atomic mass is 32.2. The van der Waals surface area contributed by atoms with Crippen LogP contribution in [0.3, 0.4) is 0 Å². The minimum absolute atomic E-state index is 0.127. The maximum Gasteiger partial charge on any atom is 0.267 e. The number of pyridine rings is 1. The van der Waals surface area contributed by atoms with Crippen LogP contribution in [0, 0.1) is 6.92 Å². The molecule has 0 radical (unpaired) electrons. The quantitative estimate of drug-likeness (QED) is 0.442. The van der Waals surface area contributed by atoms with E-state index in [1.165, 1.54) is 16.2 Å². The molecule has 5 rings (SSSR count). The summed E-state index contributed by atoms with van der Waals surface area (Å²) < 4.78 is 7.47. The van der Waals surface area contributed by atoms with Crippen LogP contribution < -0.4 is 10.9 Å². The van der Waals surface area contributed by atoms with E-state index in [0.717, 1.165) is 37.0 Å². The molecule has 4 heterocycles. The van der Waals surface area contributed by atoms with Gasteiger partial charge in [-0.05, 0) is 49.6 Å². The Balaban J connectivity index is 1.58. The van der Waals surface area contributed by atoms with E-state index in [0.29, 0.717) is 32.8 Å². The fourth-order valence-corrected chi connectivity index (χ4v) is 5.63. The van der Waals surface area contributed by atoms with Crippen LogP contribution >= 0.6 is 24.0 Å². The van der Waals surface area contributed by atoms with Gasteiger partial charge in [0.2, 0.25) is 0 Å². The Kier molecular flexibility index (Phi) is 5.60. The van der Waals surface area contributed by atoms with Crippen molar-refractivity contribution in [3.05, 3.63) is 68.9 Å². The van der Waals surface area contributed by atoms with Crippen molar-refractivity contribution < 1.29 is 9.21 Å². The molecule has 1 aliphatic heterocycles. The molecule has 2 fully saturated rings. The van der Waals surface area contributed by atoms with E-state index in [9.17, 15) is 9.59 Å². The van der Waals surface area contributed by atoms with Crippen LogP contribution in [-0.2, 0) is 11.3 Å². The molecule has 1 saturated heterocycles. The van der Waals surface area contributed by atoms with Gasteiger partial charge < -0.3 is 9.73 Å². The first-order valence-corrected chi connectivity index (χ1v) is 11.8. The first-order chi connectivity index (χ1) is 15.5. The second kappa shape index (κ2) is 8.55. The molecule has 1 N–H and O–H groups in total. The number of carbonyl (C=O) groups excluding carboxylic acids is 1. The number of nitrogens with one attached hydrogen (secondary N) is 1. The molecule has 9 heteroatoms. The maximum absolute atomic E-state index is 13.4. The molecule has 7 nitrogen and oxygen atoms in total. The first kappa shape index (κ1) is 21.0. The number of rotatable bonds is 5. The molecule has 0 unspecified atom stereocenters. The molecule has 2 aliphatic rings. The molecule has 0 atom stereocenters. The van der Waals surface area contributed by atoms with Crippen LogP contribution in [0.5, 0.6) is 0 Å². The maximum atomic E-state index is 13.4. The second-order valence-electron chi connectivity index (χ2n) is 7.99. The molecule has 1 aliphatic carbocycles. The minimum atomic E-state index is -0.244. The second-order valence-corrected chi connectivity index (χ2v) is 9.66. The average molecular weight is 467 g/mol. The highest BCUT2D eigenvalue weighted by Crippen LogP contribution is 2.38. The zero-order valence-electron chi connectivity index (χ0n) is 17.5. The number of furan rings is 1. The van der Waals surface area contributed by atoms with Crippen molar-refractivity contribution in [2.24, 2.45) is 0 Å². The molecule has 0 aromatic carbocycles. The number of carbonyl (C=O) groups is 1. The van der Waals surface area contributed by atoms with Crippen LogP contribution in [0.1, 0.15) is 42.6 Å². The van der Waals surface area contributed by atoms with Gasteiger partial charge in [0.05, 0.1) is 23.3 Å². The zero-order valence-corrected chi connectivity index (χ0v) is 19.2. The van der Waals surface area contributed by atoms with Gasteiger partial charge in [-0.15, -0.1) is 0 Å². The van der Waals surface area contributed by atoms with Crippen LogP contribution in [0.15, 0.2) is 50.8 Å². The van der Waals surface area contributed by atoms with Crippen LogP contribution in [0.2, 0.25) is 0 Å². The summed E-state index contributed by atoms with van der Waals surface area (Å²) in [4.78, 5) is 33.5. The highest BCUT2D eigenvalue weighted by Gasteiger charge is 2.38. The van der Waals surface area contributed by atoms with E-state index >= 15 is 0 Å². The van der Waals surface area contributed by atoms with Crippen molar-refractivity contribution in [2.45, 2.75) is 45.2 Å². The minimum Gasteiger partial charge on any atom is -0.467 e. The number of thiocarbonyl (C=S) groups is 1. The summed E-state index contributed by atoms with van der Waals surface area (Å²) in [6, 6.07) is 7.52. The number of aromatic nitrogens is 2. The Morgan fingerprint density at radius 2 is 2.09 bits per heavy atom. The first-order valence-electron chi connectivity index (χ1n) is 10.6. The van der Waals surface area contributed by atoms with Gasteiger partial charge in [0.1, 0.15) is 21.5 Å². The van der Waals surface area contributed by atoms with E-state index < -0.39 is 0 Å². The molecule has 1 amide bonds. The van der Waals surface area contributed by atoms with Gasteiger partial charge in [-0.1, -0.05) is 42.9 Å². The molecule has 1 saturated carbocycles. The molecular weight excluding hydrogens is 444 g/mol. The van der Waals surface area contributed by atoms with Crippen molar-refractivity contribution in [3.63, 3.8) is 0 Å². The topological polar surface area (TPSA) is 79.9 Å². The SMILES string of the molecule is Cc1cccn2c(=O)c(C=C3SC(=S)N(C4CCCC4)C3=O)c(NCc3ccco3)nc12. The van der Waals surface area contributed by atoms with E-state index in [1.807, 2.05) is 25.1 Å². The van der Waals surface area contributed by atoms with Crippen LogP contribution in [0.4, 0.5) is 5.82 Å². The monoisotopic (exact) mass is 466 g/mol. The van der Waals surface area contributed by atoms with Crippen molar-refractivity contribution in [3.8, 4) is 0 Å². The molecule has 3 aromatic rings. The smallest absolute Gasteiger partial charge is 0.267 e. The van der Waals surface area contributed by atoms with Gasteiger partial charge in [0, 0.05) is 12.2 Å². The summed E-state index contributed by atoms with van der Waals surface area (Å²) in [5.74, 6) is 1.000. The standard InChI is InChI=1S/C23H22N4O3S2/c1-14-6-4-10-26-20(14)25-19(24-13-16-9-5-11-30-16)17(21(26)28)12-18-22(29)27(23(31)32-18)15-7-2-3-8-15/h4-6,9-12,15,24H,2-3,7-8,13H2,1H3. The Hall–Kier alpha value is -2.91. The summed E-state index contributed by atoms with van der Waals surface area (Å²) in [6.07, 6.45) is 9.06. The van der Waals surface area contributed by atoms with E-state index in [1.54, 1.807) is 29.5 Å². The Morgan fingerprint density at radius 1 is 1.28 bits per heavy atom. The largest absolute Gasteiger partial charge is 0.467 e. The molecule has 3 aromatic heterocycles. The zero-order chi connectivity index (χ0) is 22.2. The summed E-state index contributed by atoms with van der Waals surface area (Å²) >= 11 is 6.76. The van der Waals surface area contributed by atoms with Crippen molar-refractivity contribution >= 4 is 51.7 Å². The third-order valence-electron chi connectivity index (χ3n) is 5.88. The third-order valence-corrected chi connectivity index (χ3v) is 7.21. The predicted octanol–water partition coefficient (Wildman–Crippen LogP) is 4.35. The number of anilines is 1. The number of thioether (sulfide) groups is 1. The fraction of sp³-hybridized carbons (Fsp3) is 0.304. The predicted molar refractivity (Wildman–Crippen MR) is 130 cm³/mol. The Morgan fingerprint density at radius 3 is 2.84 bits per heavy atom. The van der Waals surface area contributed by atoms with Gasteiger partial charge in [0.15, 0.2) is 0 Å². The Bertz CT molecular complexity index is 1290. The Labute approximate surface area is 194 Å². The van der Waals surface area contributed by atoms with E-state index in [4.69, 9.17) is 21.6 Å². The number of aryl methyl sites for hydroxylation is 1. The van der Waals surface area contributed by atoms with Crippen molar-refractivity contribution in [1.82, 2.24) is 14.3 Å². The lowest BCUT2D eigenvalue weighted by molar-refractivity contribution is -0.123. The number of hydrogen-bond donors (Lipinski definition) is 1. The third kappa shape index (κ3) is 3.75. The van der Waals surface area contributed by atoms with Crippen molar-refractivity contribution in [2.75, 3.05) is 5.32 Å². The summed E-state index contributed by atoms with van der Waals surface area (Å²) in [5, 5.41) is 3.21. The van der Waals surface area contributed by atoms with E-state index in [-0.39, 0.29) is 17.5 Å². The van der Waals surface area contributed by atoms with Crippen LogP contribution in [-0.4, -0.2) is 30.6 Å². The molecule has 32 heavy (non-hydrogen) atoms. The average Bonchev–Trinajstić information content (AvgIpc) is 3.52. The lowest BCUT2D eigenvalue weighted by Crippen LogP contribution is -2.36. The van der Waals surface area contributed by atoms with Gasteiger partial charge in [-0.25, -0.2) is 4.98 Å². The summed E-state index contributed by atoms with van der Waals surface area (Å²) in [5.41, 5.74) is 1.53. The normalized spacial score (nSPS) is 18.4. The molecule has 164 valence electrons. The van der Waals surface area contributed by atoms with Crippen molar-refractivity contribution in [1.29, 1.82) is 0 Å². The number of nitrogens with zero attached hydrogens (tertiary/aromatic N) is 3. The summed E-state index contributed by atoms with van der Waals surface area (Å²) in [7, 11) is 0. The van der Waals surface area contributed by atoms with Gasteiger partial charge >= 0.3 is 0 Å². The number of hydrogen-bond acceptors (Lipinski definition) is 7. The molecule has 0 spiro atoms. The van der Waals surface area contributed by atoms with E-state index in [2.05, 4.69) is 5.32 Å². The summed E-state index contributed by atoms with van der Waals surface area (Å²) in [6.45, 7) is 2.27. The number of amides is 1.